The smallest absolute Gasteiger partial charge is 0.233 e. The number of rotatable bonds is 5. The minimum Gasteiger partial charge on any atom is -0.383 e. The van der Waals surface area contributed by atoms with Gasteiger partial charge >= 0.3 is 0 Å². The molecule has 0 saturated carbocycles. The highest BCUT2D eigenvalue weighted by Gasteiger charge is 2.22. The summed E-state index contributed by atoms with van der Waals surface area (Å²) in [4.78, 5) is 26.0. The lowest BCUT2D eigenvalue weighted by Crippen LogP contribution is -2.43. The van der Waals surface area contributed by atoms with Crippen molar-refractivity contribution in [3.63, 3.8) is 0 Å². The van der Waals surface area contributed by atoms with Gasteiger partial charge < -0.3 is 10.6 Å². The molecule has 2 aromatic heterocycles. The number of nitrogens with zero attached hydrogens (tertiary/aromatic N) is 3. The van der Waals surface area contributed by atoms with E-state index in [0.717, 1.165) is 23.1 Å². The zero-order valence-corrected chi connectivity index (χ0v) is 17.0. The van der Waals surface area contributed by atoms with Crippen molar-refractivity contribution in [2.75, 3.05) is 11.5 Å². The first-order chi connectivity index (χ1) is 11.9. The highest BCUT2D eigenvalue weighted by molar-refractivity contribution is 7.99. The average molecular weight is 379 g/mol. The normalized spacial score (nSPS) is 14.3. The molecule has 0 unspecified atom stereocenters. The SMILES string of the molecule is CC(C)N(C(=O)CSc1nc(N)c2c3c(sc2n1)CCCC3)C(C)C. The number of thiophene rings is 1. The summed E-state index contributed by atoms with van der Waals surface area (Å²) in [5.74, 6) is 1.01. The fourth-order valence-electron chi connectivity index (χ4n) is 3.60. The van der Waals surface area contributed by atoms with Crippen molar-refractivity contribution in [2.24, 2.45) is 0 Å². The molecule has 7 heteroatoms. The van der Waals surface area contributed by atoms with Crippen molar-refractivity contribution in [1.82, 2.24) is 14.9 Å². The number of aryl methyl sites for hydroxylation is 2. The number of nitrogens with two attached hydrogens (primary N) is 1. The maximum absolute atomic E-state index is 12.5. The van der Waals surface area contributed by atoms with Gasteiger partial charge in [0.1, 0.15) is 10.6 Å². The molecule has 0 spiro atoms. The van der Waals surface area contributed by atoms with Gasteiger partial charge in [-0.05, 0) is 58.9 Å². The predicted molar refractivity (Wildman–Crippen MR) is 106 cm³/mol. The van der Waals surface area contributed by atoms with Crippen LogP contribution in [0.2, 0.25) is 0 Å². The summed E-state index contributed by atoms with van der Waals surface area (Å²) in [6.07, 6.45) is 4.65. The van der Waals surface area contributed by atoms with E-state index in [4.69, 9.17) is 5.73 Å². The Morgan fingerprint density at radius 2 is 1.88 bits per heavy atom. The molecular formula is C18H26N4OS2. The molecule has 5 nitrogen and oxygen atoms in total. The van der Waals surface area contributed by atoms with Crippen molar-refractivity contribution in [2.45, 2.75) is 70.6 Å². The lowest BCUT2D eigenvalue weighted by Gasteiger charge is -2.30. The quantitative estimate of drug-likeness (QED) is 0.631. The molecule has 0 fully saturated rings. The summed E-state index contributed by atoms with van der Waals surface area (Å²) in [5.41, 5.74) is 7.58. The molecule has 1 aliphatic rings. The number of carbonyl (C=O) groups is 1. The first kappa shape index (κ1) is 18.5. The van der Waals surface area contributed by atoms with Crippen LogP contribution in [-0.2, 0) is 17.6 Å². The lowest BCUT2D eigenvalue weighted by molar-refractivity contribution is -0.131. The largest absolute Gasteiger partial charge is 0.383 e. The van der Waals surface area contributed by atoms with E-state index >= 15 is 0 Å². The molecule has 3 rings (SSSR count). The summed E-state index contributed by atoms with van der Waals surface area (Å²) in [6.45, 7) is 8.16. The fourth-order valence-corrected chi connectivity index (χ4v) is 5.65. The molecule has 25 heavy (non-hydrogen) atoms. The molecular weight excluding hydrogens is 352 g/mol. The molecule has 2 aromatic rings. The van der Waals surface area contributed by atoms with Gasteiger partial charge in [-0.3, -0.25) is 4.79 Å². The predicted octanol–water partition coefficient (Wildman–Crippen LogP) is 3.89. The third-order valence-electron chi connectivity index (χ3n) is 4.55. The van der Waals surface area contributed by atoms with Gasteiger partial charge in [0.2, 0.25) is 5.91 Å². The molecule has 2 N–H and O–H groups in total. The molecule has 0 aromatic carbocycles. The van der Waals surface area contributed by atoms with E-state index in [-0.39, 0.29) is 18.0 Å². The molecule has 0 atom stereocenters. The van der Waals surface area contributed by atoms with Gasteiger partial charge in [0.15, 0.2) is 5.16 Å². The molecule has 0 bridgehead atoms. The van der Waals surface area contributed by atoms with Crippen LogP contribution in [0.1, 0.15) is 51.0 Å². The second-order valence-electron chi connectivity index (χ2n) is 7.06. The average Bonchev–Trinajstić information content (AvgIpc) is 2.91. The molecule has 0 radical (unpaired) electrons. The number of carbonyl (C=O) groups excluding carboxylic acids is 1. The number of aromatic nitrogens is 2. The number of nitrogen functional groups attached to an aromatic ring is 1. The van der Waals surface area contributed by atoms with Crippen molar-refractivity contribution in [3.8, 4) is 0 Å². The molecule has 2 heterocycles. The van der Waals surface area contributed by atoms with E-state index in [0.29, 0.717) is 16.7 Å². The zero-order chi connectivity index (χ0) is 18.1. The summed E-state index contributed by atoms with van der Waals surface area (Å²) in [7, 11) is 0. The minimum absolute atomic E-state index is 0.114. The van der Waals surface area contributed by atoms with Crippen LogP contribution >= 0.6 is 23.1 Å². The lowest BCUT2D eigenvalue weighted by atomic mass is 9.97. The van der Waals surface area contributed by atoms with Gasteiger partial charge in [-0.1, -0.05) is 11.8 Å². The second-order valence-corrected chi connectivity index (χ2v) is 9.09. The number of hydrogen-bond acceptors (Lipinski definition) is 6. The topological polar surface area (TPSA) is 72.1 Å². The molecule has 0 saturated heterocycles. The van der Waals surface area contributed by atoms with Gasteiger partial charge in [-0.2, -0.15) is 0 Å². The van der Waals surface area contributed by atoms with Crippen molar-refractivity contribution in [1.29, 1.82) is 0 Å². The van der Waals surface area contributed by atoms with Crippen LogP contribution in [0, 0.1) is 0 Å². The molecule has 136 valence electrons. The van der Waals surface area contributed by atoms with Gasteiger partial charge in [0, 0.05) is 17.0 Å². The Morgan fingerprint density at radius 1 is 1.20 bits per heavy atom. The number of amides is 1. The first-order valence-corrected chi connectivity index (χ1v) is 10.7. The number of fused-ring (bicyclic) bond motifs is 3. The van der Waals surface area contributed by atoms with Crippen LogP contribution in [0.4, 0.5) is 5.82 Å². The van der Waals surface area contributed by atoms with E-state index in [2.05, 4.69) is 9.97 Å². The highest BCUT2D eigenvalue weighted by Crippen LogP contribution is 2.38. The summed E-state index contributed by atoms with van der Waals surface area (Å²) >= 11 is 3.12. The Bertz CT molecular complexity index is 777. The van der Waals surface area contributed by atoms with Crippen LogP contribution in [0.25, 0.3) is 10.2 Å². The van der Waals surface area contributed by atoms with E-state index in [1.807, 2.05) is 32.6 Å². The van der Waals surface area contributed by atoms with Crippen molar-refractivity contribution < 1.29 is 4.79 Å². The van der Waals surface area contributed by atoms with Gasteiger partial charge in [-0.15, -0.1) is 11.3 Å². The maximum atomic E-state index is 12.5. The third-order valence-corrected chi connectivity index (χ3v) is 6.57. The fraction of sp³-hybridized carbons (Fsp3) is 0.611. The van der Waals surface area contributed by atoms with E-state index in [1.54, 1.807) is 11.3 Å². The van der Waals surface area contributed by atoms with E-state index in [1.165, 1.54) is 35.0 Å². The zero-order valence-electron chi connectivity index (χ0n) is 15.3. The van der Waals surface area contributed by atoms with Gasteiger partial charge in [0.25, 0.3) is 0 Å². The van der Waals surface area contributed by atoms with Crippen LogP contribution in [0.3, 0.4) is 0 Å². The Balaban J connectivity index is 1.79. The van der Waals surface area contributed by atoms with Crippen molar-refractivity contribution >= 4 is 45.0 Å². The molecule has 1 amide bonds. The van der Waals surface area contributed by atoms with Gasteiger partial charge in [0.05, 0.1) is 11.1 Å². The Labute approximate surface area is 157 Å². The monoisotopic (exact) mass is 378 g/mol. The van der Waals surface area contributed by atoms with Crippen LogP contribution in [-0.4, -0.2) is 38.6 Å². The highest BCUT2D eigenvalue weighted by atomic mass is 32.2. The number of anilines is 1. The van der Waals surface area contributed by atoms with Gasteiger partial charge in [-0.25, -0.2) is 9.97 Å². The van der Waals surface area contributed by atoms with E-state index < -0.39 is 0 Å². The summed E-state index contributed by atoms with van der Waals surface area (Å²) in [5, 5.41) is 1.64. The maximum Gasteiger partial charge on any atom is 0.233 e. The summed E-state index contributed by atoms with van der Waals surface area (Å²) in [6, 6.07) is 0.371. The van der Waals surface area contributed by atoms with Crippen molar-refractivity contribution in [3.05, 3.63) is 10.4 Å². The molecule has 1 aliphatic carbocycles. The minimum atomic E-state index is 0.114. The number of hydrogen-bond donors (Lipinski definition) is 1. The molecule has 0 aliphatic heterocycles. The standard InChI is InChI=1S/C18H26N4OS2/c1-10(2)22(11(3)4)14(23)9-24-18-20-16(19)15-12-7-5-6-8-13(12)25-17(15)21-18/h10-11H,5-9H2,1-4H3,(H2,19,20,21). The first-order valence-electron chi connectivity index (χ1n) is 8.90. The van der Waals surface area contributed by atoms with Crippen LogP contribution < -0.4 is 5.73 Å². The Kier molecular flexibility index (Phi) is 5.53. The summed E-state index contributed by atoms with van der Waals surface area (Å²) < 4.78 is 0. The van der Waals surface area contributed by atoms with Crippen LogP contribution in [0.15, 0.2) is 5.16 Å². The van der Waals surface area contributed by atoms with Crippen LogP contribution in [0.5, 0.6) is 0 Å². The number of thioether (sulfide) groups is 1. The third kappa shape index (κ3) is 3.77. The Hall–Kier alpha value is -1.34. The Morgan fingerprint density at radius 3 is 2.56 bits per heavy atom. The van der Waals surface area contributed by atoms with E-state index in [9.17, 15) is 4.79 Å². The second kappa shape index (κ2) is 7.50.